The van der Waals surface area contributed by atoms with E-state index in [0.29, 0.717) is 11.8 Å². The third-order valence-electron chi connectivity index (χ3n) is 4.05. The minimum absolute atomic E-state index is 0.253. The Morgan fingerprint density at radius 3 is 2.22 bits per heavy atom. The summed E-state index contributed by atoms with van der Waals surface area (Å²) in [6, 6.07) is 8.74. The first-order valence-electron chi connectivity index (χ1n) is 6.43. The Hall–Kier alpha value is -1.42. The summed E-state index contributed by atoms with van der Waals surface area (Å²) in [4.78, 5) is 0. The molecule has 0 amide bonds. The van der Waals surface area contributed by atoms with E-state index in [1.54, 1.807) is 0 Å². The molecular formula is C14H17N3S. The number of nitrogens with zero attached hydrogens (tertiary/aromatic N) is 1. The van der Waals surface area contributed by atoms with E-state index in [2.05, 4.69) is 34.8 Å². The second kappa shape index (κ2) is 4.69. The molecule has 1 fully saturated rings. The molecule has 0 radical (unpaired) electrons. The van der Waals surface area contributed by atoms with Crippen LogP contribution in [0.1, 0.15) is 24.0 Å². The van der Waals surface area contributed by atoms with Crippen LogP contribution in [-0.4, -0.2) is 10.8 Å². The van der Waals surface area contributed by atoms with Gasteiger partial charge in [0.25, 0.3) is 0 Å². The summed E-state index contributed by atoms with van der Waals surface area (Å²) in [5.41, 5.74) is 12.4. The maximum atomic E-state index is 5.46. The molecule has 4 heteroatoms. The molecule has 2 aliphatic rings. The lowest BCUT2D eigenvalue weighted by Gasteiger charge is -2.11. The van der Waals surface area contributed by atoms with E-state index in [0.717, 1.165) is 12.8 Å². The maximum absolute atomic E-state index is 5.46. The average Bonchev–Trinajstić information content (AvgIpc) is 2.62. The first-order valence-corrected chi connectivity index (χ1v) is 6.84. The Labute approximate surface area is 112 Å². The van der Waals surface area contributed by atoms with Gasteiger partial charge in [-0.1, -0.05) is 24.3 Å². The fourth-order valence-electron chi connectivity index (χ4n) is 3.23. The number of hydrogen-bond donors (Lipinski definition) is 2. The van der Waals surface area contributed by atoms with Crippen LogP contribution in [0.5, 0.6) is 0 Å². The highest BCUT2D eigenvalue weighted by molar-refractivity contribution is 7.80. The quantitative estimate of drug-likeness (QED) is 0.599. The number of fused-ring (bicyclic) bond motifs is 3. The van der Waals surface area contributed by atoms with Gasteiger partial charge in [-0.2, -0.15) is 5.10 Å². The number of hydrogen-bond acceptors (Lipinski definition) is 2. The van der Waals surface area contributed by atoms with Gasteiger partial charge in [-0.25, -0.2) is 0 Å². The zero-order chi connectivity index (χ0) is 12.5. The minimum Gasteiger partial charge on any atom is -0.375 e. The molecule has 3 rings (SSSR count). The molecule has 2 bridgehead atoms. The van der Waals surface area contributed by atoms with E-state index in [4.69, 9.17) is 18.0 Å². The van der Waals surface area contributed by atoms with Gasteiger partial charge in [-0.05, 0) is 49.0 Å². The lowest BCUT2D eigenvalue weighted by Crippen LogP contribution is -2.28. The molecule has 0 heterocycles. The molecule has 2 unspecified atom stereocenters. The largest absolute Gasteiger partial charge is 0.375 e. The summed E-state index contributed by atoms with van der Waals surface area (Å²) in [5, 5.41) is 4.70. The van der Waals surface area contributed by atoms with E-state index >= 15 is 0 Å². The molecule has 1 saturated carbocycles. The van der Waals surface area contributed by atoms with Gasteiger partial charge in [-0.3, -0.25) is 5.43 Å². The van der Waals surface area contributed by atoms with Crippen molar-refractivity contribution in [2.24, 2.45) is 22.7 Å². The summed E-state index contributed by atoms with van der Waals surface area (Å²) in [6.45, 7) is 0. The van der Waals surface area contributed by atoms with E-state index in [1.807, 2.05) is 0 Å². The van der Waals surface area contributed by atoms with Crippen LogP contribution in [-0.2, 0) is 12.8 Å². The second-order valence-corrected chi connectivity index (χ2v) is 5.60. The molecule has 1 aromatic rings. The summed E-state index contributed by atoms with van der Waals surface area (Å²) in [5.74, 6) is 1.11. The molecule has 0 spiro atoms. The molecule has 3 N–H and O–H groups in total. The molecule has 1 aromatic carbocycles. The highest BCUT2D eigenvalue weighted by Gasteiger charge is 2.35. The van der Waals surface area contributed by atoms with E-state index in [1.165, 1.54) is 29.7 Å². The lowest BCUT2D eigenvalue weighted by molar-refractivity contribution is 0.593. The van der Waals surface area contributed by atoms with E-state index in [9.17, 15) is 0 Å². The van der Waals surface area contributed by atoms with Gasteiger partial charge in [0, 0.05) is 17.5 Å². The van der Waals surface area contributed by atoms with Crippen molar-refractivity contribution in [3.05, 3.63) is 35.4 Å². The SMILES string of the molecule is NC(=S)NN=C1C2CCC1Cc1ccccc1C2. The number of nitrogens with one attached hydrogen (secondary N) is 1. The Bertz CT molecular complexity index is 475. The number of thiocarbonyl (C=S) groups is 1. The third kappa shape index (κ3) is 2.12. The summed E-state index contributed by atoms with van der Waals surface area (Å²) < 4.78 is 0. The van der Waals surface area contributed by atoms with Gasteiger partial charge >= 0.3 is 0 Å². The molecule has 0 saturated heterocycles. The molecule has 0 aliphatic heterocycles. The number of nitrogens with two attached hydrogens (primary N) is 1. The molecule has 18 heavy (non-hydrogen) atoms. The smallest absolute Gasteiger partial charge is 0.184 e. The Morgan fingerprint density at radius 2 is 1.72 bits per heavy atom. The van der Waals surface area contributed by atoms with Gasteiger partial charge in [0.2, 0.25) is 0 Å². The van der Waals surface area contributed by atoms with Crippen molar-refractivity contribution in [2.45, 2.75) is 25.7 Å². The maximum Gasteiger partial charge on any atom is 0.184 e. The van der Waals surface area contributed by atoms with Crippen LogP contribution >= 0.6 is 12.2 Å². The van der Waals surface area contributed by atoms with Crippen LogP contribution in [0.2, 0.25) is 0 Å². The fraction of sp³-hybridized carbons (Fsp3) is 0.429. The average molecular weight is 259 g/mol. The van der Waals surface area contributed by atoms with Crippen LogP contribution in [0.15, 0.2) is 29.4 Å². The van der Waals surface area contributed by atoms with Gasteiger partial charge in [0.15, 0.2) is 5.11 Å². The summed E-state index contributed by atoms with van der Waals surface area (Å²) in [7, 11) is 0. The lowest BCUT2D eigenvalue weighted by atomic mass is 9.94. The standard InChI is InChI=1S/C14H17N3S/c15-14(18)17-16-13-11-5-6-12(13)8-10-4-2-1-3-9(10)7-11/h1-4,11-12H,5-8H2,(H3,15,17,18). The van der Waals surface area contributed by atoms with Crippen molar-refractivity contribution in [1.29, 1.82) is 0 Å². The van der Waals surface area contributed by atoms with Crippen LogP contribution < -0.4 is 11.2 Å². The Kier molecular flexibility index (Phi) is 3.04. The van der Waals surface area contributed by atoms with E-state index < -0.39 is 0 Å². The van der Waals surface area contributed by atoms with Crippen LogP contribution in [0.4, 0.5) is 0 Å². The molecule has 2 atom stereocenters. The van der Waals surface area contributed by atoms with Crippen molar-refractivity contribution in [3.63, 3.8) is 0 Å². The number of hydrazone groups is 1. The van der Waals surface area contributed by atoms with Gasteiger partial charge in [0.05, 0.1) is 0 Å². The first-order chi connectivity index (χ1) is 8.74. The molecule has 3 nitrogen and oxygen atoms in total. The molecule has 94 valence electrons. The van der Waals surface area contributed by atoms with Crippen LogP contribution in [0.3, 0.4) is 0 Å². The van der Waals surface area contributed by atoms with Gasteiger partial charge in [0.1, 0.15) is 0 Å². The van der Waals surface area contributed by atoms with Crippen molar-refractivity contribution in [2.75, 3.05) is 0 Å². The van der Waals surface area contributed by atoms with E-state index in [-0.39, 0.29) is 5.11 Å². The highest BCUT2D eigenvalue weighted by atomic mass is 32.1. The minimum atomic E-state index is 0.253. The normalized spacial score (nSPS) is 25.2. The predicted molar refractivity (Wildman–Crippen MR) is 77.4 cm³/mol. The van der Waals surface area contributed by atoms with Crippen molar-refractivity contribution in [1.82, 2.24) is 5.43 Å². The second-order valence-electron chi connectivity index (χ2n) is 5.16. The Balaban J connectivity index is 1.90. The van der Waals surface area contributed by atoms with Crippen LogP contribution in [0.25, 0.3) is 0 Å². The van der Waals surface area contributed by atoms with Crippen molar-refractivity contribution >= 4 is 23.0 Å². The molecule has 2 aliphatic carbocycles. The monoisotopic (exact) mass is 259 g/mol. The Morgan fingerprint density at radius 1 is 1.17 bits per heavy atom. The number of rotatable bonds is 1. The zero-order valence-corrected chi connectivity index (χ0v) is 11.0. The van der Waals surface area contributed by atoms with Crippen molar-refractivity contribution < 1.29 is 0 Å². The summed E-state index contributed by atoms with van der Waals surface area (Å²) in [6.07, 6.45) is 4.67. The third-order valence-corrected chi connectivity index (χ3v) is 4.14. The molecule has 0 aromatic heterocycles. The first kappa shape index (κ1) is 11.7. The number of benzene rings is 1. The predicted octanol–water partition coefficient (Wildman–Crippen LogP) is 2.00. The highest BCUT2D eigenvalue weighted by Crippen LogP contribution is 2.37. The van der Waals surface area contributed by atoms with Crippen LogP contribution in [0, 0.1) is 11.8 Å². The van der Waals surface area contributed by atoms with Gasteiger partial charge in [-0.15, -0.1) is 0 Å². The fourth-order valence-corrected chi connectivity index (χ4v) is 3.28. The molecular weight excluding hydrogens is 242 g/mol. The van der Waals surface area contributed by atoms with Crippen molar-refractivity contribution in [3.8, 4) is 0 Å². The summed E-state index contributed by atoms with van der Waals surface area (Å²) >= 11 is 4.82. The van der Waals surface area contributed by atoms with Gasteiger partial charge < -0.3 is 5.73 Å². The zero-order valence-electron chi connectivity index (χ0n) is 10.2. The topological polar surface area (TPSA) is 50.4 Å².